The number of carbonyl (C=O) groups excluding carboxylic acids is 2. The number of hydrogen-bond donors (Lipinski definition) is 1. The monoisotopic (exact) mass is 341 g/mol. The van der Waals surface area contributed by atoms with Crippen LogP contribution in [0.1, 0.15) is 20.8 Å². The summed E-state index contributed by atoms with van der Waals surface area (Å²) in [5.74, 6) is -0.578. The Morgan fingerprint density at radius 3 is 2.40 bits per heavy atom. The van der Waals surface area contributed by atoms with Crippen LogP contribution >= 0.6 is 0 Å². The number of aromatic nitrogens is 1. The number of hydrogen-bond acceptors (Lipinski definition) is 3. The van der Waals surface area contributed by atoms with Crippen LogP contribution in [-0.4, -0.2) is 52.8 Å². The fraction of sp³-hybridized carbons (Fsp3) is 0.222. The van der Waals surface area contributed by atoms with E-state index in [0.29, 0.717) is 42.8 Å². The van der Waals surface area contributed by atoms with Crippen LogP contribution < -0.4 is 0 Å². The van der Waals surface area contributed by atoms with Gasteiger partial charge in [-0.05, 0) is 30.3 Å². The molecule has 1 fully saturated rings. The molecule has 2 aromatic heterocycles. The fourth-order valence-corrected chi connectivity index (χ4v) is 3.07. The molecule has 0 radical (unpaired) electrons. The molecule has 0 unspecified atom stereocenters. The molecule has 0 aliphatic carbocycles. The molecule has 0 spiro atoms. The van der Waals surface area contributed by atoms with Gasteiger partial charge in [-0.25, -0.2) is 4.39 Å². The topological polar surface area (TPSA) is 69.6 Å². The number of benzene rings is 1. The lowest BCUT2D eigenvalue weighted by Gasteiger charge is -2.34. The van der Waals surface area contributed by atoms with Crippen LogP contribution in [0.5, 0.6) is 0 Å². The molecule has 3 aromatic rings. The maximum atomic E-state index is 13.3. The second kappa shape index (κ2) is 6.08. The largest absolute Gasteiger partial charge is 0.472 e. The SMILES string of the molecule is O=C(c1ccoc1)N1CCN(C(=O)c2cc3cc(F)ccc3[nH]2)CC1. The molecule has 2 amide bonds. The van der Waals surface area contributed by atoms with Gasteiger partial charge in [0.15, 0.2) is 0 Å². The summed E-state index contributed by atoms with van der Waals surface area (Å²) in [6.07, 6.45) is 2.88. The standard InChI is InChI=1S/C18H16FN3O3/c19-14-1-2-15-13(9-14)10-16(20-15)18(24)22-6-4-21(5-7-22)17(23)12-3-8-25-11-12/h1-3,8-11,20H,4-7H2. The fourth-order valence-electron chi connectivity index (χ4n) is 3.07. The summed E-state index contributed by atoms with van der Waals surface area (Å²) < 4.78 is 18.2. The summed E-state index contributed by atoms with van der Waals surface area (Å²) in [4.78, 5) is 31.3. The van der Waals surface area contributed by atoms with Gasteiger partial charge >= 0.3 is 0 Å². The molecule has 25 heavy (non-hydrogen) atoms. The van der Waals surface area contributed by atoms with Gasteiger partial charge in [0.2, 0.25) is 0 Å². The molecule has 3 heterocycles. The summed E-state index contributed by atoms with van der Waals surface area (Å²) >= 11 is 0. The van der Waals surface area contributed by atoms with Gasteiger partial charge < -0.3 is 19.2 Å². The van der Waals surface area contributed by atoms with Gasteiger partial charge in [0, 0.05) is 37.1 Å². The lowest BCUT2D eigenvalue weighted by molar-refractivity contribution is 0.0532. The Kier molecular flexibility index (Phi) is 3.76. The van der Waals surface area contributed by atoms with E-state index in [2.05, 4.69) is 4.98 Å². The van der Waals surface area contributed by atoms with E-state index < -0.39 is 0 Å². The quantitative estimate of drug-likeness (QED) is 0.779. The summed E-state index contributed by atoms with van der Waals surface area (Å²) in [5.41, 5.74) is 1.66. The third kappa shape index (κ3) is 2.88. The number of H-pyrrole nitrogens is 1. The summed E-state index contributed by atoms with van der Waals surface area (Å²) in [6.45, 7) is 1.83. The number of furan rings is 1. The first-order chi connectivity index (χ1) is 12.1. The number of aromatic amines is 1. The number of carbonyl (C=O) groups is 2. The summed E-state index contributed by atoms with van der Waals surface area (Å²) in [7, 11) is 0. The van der Waals surface area contributed by atoms with Crippen LogP contribution in [-0.2, 0) is 0 Å². The molecular weight excluding hydrogens is 325 g/mol. The van der Waals surface area contributed by atoms with Crippen molar-refractivity contribution in [2.45, 2.75) is 0 Å². The van der Waals surface area contributed by atoms with Gasteiger partial charge in [-0.3, -0.25) is 9.59 Å². The van der Waals surface area contributed by atoms with Crippen LogP contribution in [0.3, 0.4) is 0 Å². The Morgan fingerprint density at radius 1 is 1.00 bits per heavy atom. The highest BCUT2D eigenvalue weighted by atomic mass is 19.1. The average molecular weight is 341 g/mol. The van der Waals surface area contributed by atoms with Crippen molar-refractivity contribution in [3.8, 4) is 0 Å². The minimum Gasteiger partial charge on any atom is -0.472 e. The average Bonchev–Trinajstić information content (AvgIpc) is 3.30. The number of nitrogens with zero attached hydrogens (tertiary/aromatic N) is 2. The zero-order valence-corrected chi connectivity index (χ0v) is 13.4. The van der Waals surface area contributed by atoms with Gasteiger partial charge in [0.05, 0.1) is 11.8 Å². The first kappa shape index (κ1) is 15.4. The first-order valence-corrected chi connectivity index (χ1v) is 8.01. The van der Waals surface area contributed by atoms with Crippen molar-refractivity contribution < 1.29 is 18.4 Å². The van der Waals surface area contributed by atoms with Gasteiger partial charge in [0.25, 0.3) is 11.8 Å². The Hall–Kier alpha value is -3.09. The molecule has 1 aliphatic rings. The van der Waals surface area contributed by atoms with Crippen molar-refractivity contribution in [1.82, 2.24) is 14.8 Å². The van der Waals surface area contributed by atoms with Crippen molar-refractivity contribution in [3.63, 3.8) is 0 Å². The van der Waals surface area contributed by atoms with Crippen molar-refractivity contribution in [2.24, 2.45) is 0 Å². The van der Waals surface area contributed by atoms with Crippen LogP contribution in [0, 0.1) is 5.82 Å². The molecule has 0 atom stereocenters. The molecule has 1 saturated heterocycles. The van der Waals surface area contributed by atoms with E-state index in [1.807, 2.05) is 0 Å². The zero-order chi connectivity index (χ0) is 17.4. The lowest BCUT2D eigenvalue weighted by Crippen LogP contribution is -2.50. The van der Waals surface area contributed by atoms with Gasteiger partial charge in [-0.2, -0.15) is 0 Å². The number of rotatable bonds is 2. The normalized spacial score (nSPS) is 14.9. The minimum absolute atomic E-state index is 0.0954. The van der Waals surface area contributed by atoms with Crippen molar-refractivity contribution in [2.75, 3.05) is 26.2 Å². The second-order valence-corrected chi connectivity index (χ2v) is 6.01. The minimum atomic E-state index is -0.336. The summed E-state index contributed by atoms with van der Waals surface area (Å²) in [5, 5.41) is 0.664. The van der Waals surface area contributed by atoms with Gasteiger partial charge in [0.1, 0.15) is 17.8 Å². The van der Waals surface area contributed by atoms with Crippen LogP contribution in [0.15, 0.2) is 47.3 Å². The van der Waals surface area contributed by atoms with Crippen molar-refractivity contribution in [3.05, 3.63) is 59.9 Å². The Labute approximate surface area is 142 Å². The van der Waals surface area contributed by atoms with E-state index in [1.54, 1.807) is 28.0 Å². The molecule has 1 N–H and O–H groups in total. The van der Waals surface area contributed by atoms with Crippen LogP contribution in [0.4, 0.5) is 4.39 Å². The molecule has 128 valence electrons. The number of amides is 2. The van der Waals surface area contributed by atoms with Gasteiger partial charge in [-0.15, -0.1) is 0 Å². The summed E-state index contributed by atoms with van der Waals surface area (Å²) in [6, 6.07) is 7.65. The molecular formula is C18H16FN3O3. The van der Waals surface area contributed by atoms with E-state index in [0.717, 1.165) is 5.52 Å². The highest BCUT2D eigenvalue weighted by molar-refractivity contribution is 5.98. The molecule has 4 rings (SSSR count). The third-order valence-corrected chi connectivity index (χ3v) is 4.44. The highest BCUT2D eigenvalue weighted by Gasteiger charge is 2.26. The van der Waals surface area contributed by atoms with Crippen LogP contribution in [0.2, 0.25) is 0 Å². The molecule has 1 aliphatic heterocycles. The molecule has 0 saturated carbocycles. The first-order valence-electron chi connectivity index (χ1n) is 8.01. The highest BCUT2D eigenvalue weighted by Crippen LogP contribution is 2.19. The molecule has 0 bridgehead atoms. The molecule has 1 aromatic carbocycles. The lowest BCUT2D eigenvalue weighted by atomic mass is 10.2. The zero-order valence-electron chi connectivity index (χ0n) is 13.4. The number of piperazine rings is 1. The number of nitrogens with one attached hydrogen (secondary N) is 1. The predicted molar refractivity (Wildman–Crippen MR) is 88.8 cm³/mol. The number of halogens is 1. The smallest absolute Gasteiger partial charge is 0.270 e. The maximum absolute atomic E-state index is 13.3. The Bertz CT molecular complexity index is 924. The van der Waals surface area contributed by atoms with Gasteiger partial charge in [-0.1, -0.05) is 0 Å². The number of fused-ring (bicyclic) bond motifs is 1. The third-order valence-electron chi connectivity index (χ3n) is 4.44. The van der Waals surface area contributed by atoms with Crippen molar-refractivity contribution in [1.29, 1.82) is 0 Å². The Balaban J connectivity index is 1.44. The predicted octanol–water partition coefficient (Wildman–Crippen LogP) is 2.50. The van der Waals surface area contributed by atoms with Crippen molar-refractivity contribution >= 4 is 22.7 Å². The molecule has 6 nitrogen and oxygen atoms in total. The van der Waals surface area contributed by atoms with E-state index in [-0.39, 0.29) is 17.6 Å². The van der Waals surface area contributed by atoms with E-state index in [1.165, 1.54) is 24.7 Å². The van der Waals surface area contributed by atoms with E-state index in [4.69, 9.17) is 4.42 Å². The molecule has 7 heteroatoms. The Morgan fingerprint density at radius 2 is 1.72 bits per heavy atom. The van der Waals surface area contributed by atoms with E-state index >= 15 is 0 Å². The van der Waals surface area contributed by atoms with Crippen LogP contribution in [0.25, 0.3) is 10.9 Å². The maximum Gasteiger partial charge on any atom is 0.270 e. The second-order valence-electron chi connectivity index (χ2n) is 6.01. The van der Waals surface area contributed by atoms with E-state index in [9.17, 15) is 14.0 Å².